The lowest BCUT2D eigenvalue weighted by atomic mass is 10.0. The summed E-state index contributed by atoms with van der Waals surface area (Å²) >= 11 is 0. The van der Waals surface area contributed by atoms with Gasteiger partial charge in [-0.25, -0.2) is 0 Å². The van der Waals surface area contributed by atoms with Gasteiger partial charge in [-0.1, -0.05) is 24.6 Å². The molecule has 0 amide bonds. The molecule has 0 aliphatic heterocycles. The van der Waals surface area contributed by atoms with Crippen LogP contribution >= 0.6 is 0 Å². The predicted molar refractivity (Wildman–Crippen MR) is 53.5 cm³/mol. The number of carbonyl (C=O) groups is 2. The summed E-state index contributed by atoms with van der Waals surface area (Å²) in [5.74, 6) is -0.804. The van der Waals surface area contributed by atoms with Gasteiger partial charge in [0.25, 0.3) is 0 Å². The van der Waals surface area contributed by atoms with Gasteiger partial charge in [0.15, 0.2) is 5.78 Å². The lowest BCUT2D eigenvalue weighted by molar-refractivity contribution is -0.132. The van der Waals surface area contributed by atoms with Gasteiger partial charge in [-0.3, -0.25) is 9.59 Å². The minimum absolute atomic E-state index is 0.398. The molecule has 0 radical (unpaired) electrons. The summed E-state index contributed by atoms with van der Waals surface area (Å²) in [6.07, 6.45) is 4.46. The molecule has 0 rings (SSSR count). The number of rotatable bonds is 4. The van der Waals surface area contributed by atoms with Gasteiger partial charge in [0.1, 0.15) is 0 Å². The molecule has 0 aromatic heterocycles. The molecule has 0 heterocycles. The molecule has 0 atom stereocenters. The quantitative estimate of drug-likeness (QED) is 0.378. The maximum Gasteiger partial charge on any atom is 0.228 e. The fraction of sp³-hybridized carbons (Fsp3) is 0.455. The first-order valence-electron chi connectivity index (χ1n) is 4.40. The summed E-state index contributed by atoms with van der Waals surface area (Å²) < 4.78 is 0. The molecule has 13 heavy (non-hydrogen) atoms. The standard InChI is InChI=1S/C11H16O2/c1-5-6-7-10(8(2)3)11(13)9(4)12/h6-7H,5H2,1-4H3. The smallest absolute Gasteiger partial charge is 0.228 e. The largest absolute Gasteiger partial charge is 0.291 e. The fourth-order valence-electron chi connectivity index (χ4n) is 0.895. The van der Waals surface area contributed by atoms with Gasteiger partial charge >= 0.3 is 0 Å². The number of hydrogen-bond donors (Lipinski definition) is 0. The topological polar surface area (TPSA) is 34.1 Å². The second-order valence-corrected chi connectivity index (χ2v) is 3.11. The van der Waals surface area contributed by atoms with Crippen LogP contribution in [-0.4, -0.2) is 11.6 Å². The van der Waals surface area contributed by atoms with Crippen molar-refractivity contribution in [2.75, 3.05) is 0 Å². The SMILES string of the molecule is CCC=CC(C(=O)C(C)=O)=C(C)C. The van der Waals surface area contributed by atoms with Gasteiger partial charge in [-0.2, -0.15) is 0 Å². The van der Waals surface area contributed by atoms with Crippen LogP contribution in [0.3, 0.4) is 0 Å². The van der Waals surface area contributed by atoms with E-state index in [4.69, 9.17) is 0 Å². The highest BCUT2D eigenvalue weighted by atomic mass is 16.2. The summed E-state index contributed by atoms with van der Waals surface area (Å²) in [7, 11) is 0. The average molecular weight is 180 g/mol. The van der Waals surface area contributed by atoms with Crippen molar-refractivity contribution in [2.45, 2.75) is 34.1 Å². The number of hydrogen-bond acceptors (Lipinski definition) is 2. The fourth-order valence-corrected chi connectivity index (χ4v) is 0.895. The Morgan fingerprint density at radius 1 is 1.15 bits per heavy atom. The molecule has 0 saturated heterocycles. The molecule has 0 spiro atoms. The Hall–Kier alpha value is -1.18. The van der Waals surface area contributed by atoms with Gasteiger partial charge < -0.3 is 0 Å². The van der Waals surface area contributed by atoms with Crippen molar-refractivity contribution < 1.29 is 9.59 Å². The Morgan fingerprint density at radius 2 is 1.69 bits per heavy atom. The summed E-state index contributed by atoms with van der Waals surface area (Å²) in [4.78, 5) is 22.2. The van der Waals surface area contributed by atoms with Crippen LogP contribution < -0.4 is 0 Å². The van der Waals surface area contributed by atoms with Crippen molar-refractivity contribution >= 4 is 11.6 Å². The number of ketones is 2. The van der Waals surface area contributed by atoms with Crippen LogP contribution in [0.1, 0.15) is 34.1 Å². The van der Waals surface area contributed by atoms with Crippen LogP contribution in [0, 0.1) is 0 Å². The zero-order chi connectivity index (χ0) is 10.4. The van der Waals surface area contributed by atoms with Crippen molar-refractivity contribution in [3.8, 4) is 0 Å². The van der Waals surface area contributed by atoms with Gasteiger partial charge in [-0.05, 0) is 20.3 Å². The lowest BCUT2D eigenvalue weighted by Gasteiger charge is -2.00. The van der Waals surface area contributed by atoms with Crippen LogP contribution in [0.5, 0.6) is 0 Å². The normalized spacial score (nSPS) is 10.2. The molecular formula is C11H16O2. The molecule has 0 aromatic rings. The number of carbonyl (C=O) groups excluding carboxylic acids is 2. The van der Waals surface area contributed by atoms with Crippen molar-refractivity contribution in [3.05, 3.63) is 23.3 Å². The first-order valence-corrected chi connectivity index (χ1v) is 4.40. The predicted octanol–water partition coefficient (Wildman–Crippen LogP) is 2.45. The highest BCUT2D eigenvalue weighted by molar-refractivity contribution is 6.43. The molecule has 0 fully saturated rings. The maximum atomic E-state index is 11.3. The first-order chi connectivity index (χ1) is 6.00. The Balaban J connectivity index is 4.86. The van der Waals surface area contributed by atoms with Crippen LogP contribution in [0.25, 0.3) is 0 Å². The third-order valence-electron chi connectivity index (χ3n) is 1.62. The van der Waals surface area contributed by atoms with Crippen LogP contribution in [0.2, 0.25) is 0 Å². The second-order valence-electron chi connectivity index (χ2n) is 3.11. The van der Waals surface area contributed by atoms with E-state index in [0.717, 1.165) is 12.0 Å². The molecule has 2 nitrogen and oxygen atoms in total. The van der Waals surface area contributed by atoms with E-state index in [2.05, 4.69) is 0 Å². The summed E-state index contributed by atoms with van der Waals surface area (Å²) in [6.45, 7) is 6.94. The summed E-state index contributed by atoms with van der Waals surface area (Å²) in [5.41, 5.74) is 1.40. The molecule has 0 unspecified atom stereocenters. The van der Waals surface area contributed by atoms with E-state index in [1.807, 2.05) is 26.8 Å². The van der Waals surface area contributed by atoms with E-state index in [1.165, 1.54) is 6.92 Å². The zero-order valence-corrected chi connectivity index (χ0v) is 8.68. The molecule has 0 saturated carbocycles. The average Bonchev–Trinajstić information content (AvgIpc) is 2.04. The van der Waals surface area contributed by atoms with E-state index < -0.39 is 11.6 Å². The highest BCUT2D eigenvalue weighted by Crippen LogP contribution is 2.07. The minimum atomic E-state index is -0.406. The van der Waals surface area contributed by atoms with E-state index in [-0.39, 0.29) is 0 Å². The number of Topliss-reactive ketones (excluding diaryl/α,β-unsaturated/α-hetero) is 2. The van der Waals surface area contributed by atoms with Gasteiger partial charge in [-0.15, -0.1) is 0 Å². The van der Waals surface area contributed by atoms with Crippen LogP contribution in [-0.2, 0) is 9.59 Å². The molecule has 0 aliphatic carbocycles. The van der Waals surface area contributed by atoms with Crippen molar-refractivity contribution in [1.82, 2.24) is 0 Å². The zero-order valence-electron chi connectivity index (χ0n) is 8.68. The molecule has 72 valence electrons. The third-order valence-corrected chi connectivity index (χ3v) is 1.62. The minimum Gasteiger partial charge on any atom is -0.291 e. The highest BCUT2D eigenvalue weighted by Gasteiger charge is 2.12. The van der Waals surface area contributed by atoms with Gasteiger partial charge in [0.2, 0.25) is 5.78 Å². The summed E-state index contributed by atoms with van der Waals surface area (Å²) in [5, 5.41) is 0. The van der Waals surface area contributed by atoms with E-state index >= 15 is 0 Å². The third kappa shape index (κ3) is 3.83. The number of allylic oxidation sites excluding steroid dienone is 4. The molecular weight excluding hydrogens is 164 g/mol. The molecule has 0 aliphatic rings. The van der Waals surface area contributed by atoms with Crippen LogP contribution in [0.4, 0.5) is 0 Å². The van der Waals surface area contributed by atoms with E-state index in [9.17, 15) is 9.59 Å². The lowest BCUT2D eigenvalue weighted by Crippen LogP contribution is -2.12. The van der Waals surface area contributed by atoms with Gasteiger partial charge in [0.05, 0.1) is 0 Å². The maximum absolute atomic E-state index is 11.3. The Labute approximate surface area is 79.3 Å². The molecule has 0 bridgehead atoms. The molecule has 2 heteroatoms. The summed E-state index contributed by atoms with van der Waals surface area (Å²) in [6, 6.07) is 0. The Bertz CT molecular complexity index is 266. The monoisotopic (exact) mass is 180 g/mol. The van der Waals surface area contributed by atoms with Crippen molar-refractivity contribution in [1.29, 1.82) is 0 Å². The van der Waals surface area contributed by atoms with Gasteiger partial charge in [0, 0.05) is 12.5 Å². The van der Waals surface area contributed by atoms with Crippen LogP contribution in [0.15, 0.2) is 23.3 Å². The van der Waals surface area contributed by atoms with E-state index in [0.29, 0.717) is 5.57 Å². The first kappa shape index (κ1) is 11.8. The Morgan fingerprint density at radius 3 is 2.00 bits per heavy atom. The van der Waals surface area contributed by atoms with E-state index in [1.54, 1.807) is 6.08 Å². The van der Waals surface area contributed by atoms with Crippen molar-refractivity contribution in [2.24, 2.45) is 0 Å². The van der Waals surface area contributed by atoms with Crippen molar-refractivity contribution in [3.63, 3.8) is 0 Å². The second kappa shape index (κ2) is 5.46. The molecule has 0 aromatic carbocycles. The Kier molecular flexibility index (Phi) is 4.97. The molecule has 0 N–H and O–H groups in total.